The predicted octanol–water partition coefficient (Wildman–Crippen LogP) is 3.24. The minimum absolute atomic E-state index is 0.0742. The van der Waals surface area contributed by atoms with Crippen molar-refractivity contribution in [2.24, 2.45) is 0 Å². The molecule has 0 radical (unpaired) electrons. The normalized spacial score (nSPS) is 14.1. The first-order valence-electron chi connectivity index (χ1n) is 3.83. The molecule has 1 atom stereocenters. The highest BCUT2D eigenvalue weighted by Crippen LogP contribution is 2.35. The molecule has 0 saturated carbocycles. The molecule has 0 saturated heterocycles. The number of rotatable bonds is 1. The molecule has 0 aromatic heterocycles. The Morgan fingerprint density at radius 3 is 2.36 bits per heavy atom. The second-order valence-electron chi connectivity index (χ2n) is 2.97. The molecule has 78 valence electrons. The van der Waals surface area contributed by atoms with E-state index in [1.807, 2.05) is 0 Å². The van der Waals surface area contributed by atoms with Crippen LogP contribution in [0.4, 0.5) is 13.2 Å². The van der Waals surface area contributed by atoms with E-state index in [4.69, 9.17) is 16.7 Å². The SMILES string of the molecule is Cc1ccc(C(O)C(F)(F)F)c(Cl)c1. The summed E-state index contributed by atoms with van der Waals surface area (Å²) >= 11 is 5.57. The monoisotopic (exact) mass is 224 g/mol. The minimum Gasteiger partial charge on any atom is -0.379 e. The first kappa shape index (κ1) is 11.3. The second-order valence-corrected chi connectivity index (χ2v) is 3.38. The zero-order chi connectivity index (χ0) is 10.9. The van der Waals surface area contributed by atoms with Crippen LogP contribution in [0.2, 0.25) is 5.02 Å². The van der Waals surface area contributed by atoms with Crippen molar-refractivity contribution in [3.8, 4) is 0 Å². The van der Waals surface area contributed by atoms with Gasteiger partial charge in [0.15, 0.2) is 6.10 Å². The quantitative estimate of drug-likeness (QED) is 0.777. The lowest BCUT2D eigenvalue weighted by Crippen LogP contribution is -2.20. The van der Waals surface area contributed by atoms with Crippen molar-refractivity contribution in [2.45, 2.75) is 19.2 Å². The average molecular weight is 225 g/mol. The van der Waals surface area contributed by atoms with E-state index in [9.17, 15) is 13.2 Å². The summed E-state index contributed by atoms with van der Waals surface area (Å²) in [5, 5.41) is 8.85. The highest BCUT2D eigenvalue weighted by Gasteiger charge is 2.40. The molecule has 0 aliphatic heterocycles. The molecule has 0 amide bonds. The lowest BCUT2D eigenvalue weighted by atomic mass is 10.1. The molecule has 14 heavy (non-hydrogen) atoms. The summed E-state index contributed by atoms with van der Waals surface area (Å²) in [6.07, 6.45) is -7.20. The average Bonchev–Trinajstić information content (AvgIpc) is 2.01. The molecular weight excluding hydrogens is 217 g/mol. The Hall–Kier alpha value is -0.740. The first-order valence-corrected chi connectivity index (χ1v) is 4.21. The van der Waals surface area contributed by atoms with Crippen molar-refractivity contribution in [3.05, 3.63) is 34.3 Å². The fourth-order valence-corrected chi connectivity index (χ4v) is 1.37. The summed E-state index contributed by atoms with van der Waals surface area (Å²) in [5.74, 6) is 0. The molecular formula is C9H8ClF3O. The predicted molar refractivity (Wildman–Crippen MR) is 47.2 cm³/mol. The van der Waals surface area contributed by atoms with Gasteiger partial charge in [-0.3, -0.25) is 0 Å². The van der Waals surface area contributed by atoms with Crippen LogP contribution in [0.1, 0.15) is 17.2 Å². The van der Waals surface area contributed by atoms with E-state index < -0.39 is 12.3 Å². The molecule has 1 aromatic rings. The zero-order valence-electron chi connectivity index (χ0n) is 7.27. The van der Waals surface area contributed by atoms with Gasteiger partial charge in [0.2, 0.25) is 0 Å². The molecule has 0 fully saturated rings. The molecule has 1 aromatic carbocycles. The minimum atomic E-state index is -4.68. The van der Waals surface area contributed by atoms with Gasteiger partial charge < -0.3 is 5.11 Å². The van der Waals surface area contributed by atoms with Crippen LogP contribution in [0.15, 0.2) is 18.2 Å². The van der Waals surface area contributed by atoms with E-state index >= 15 is 0 Å². The molecule has 0 heterocycles. The number of benzene rings is 1. The third-order valence-corrected chi connectivity index (χ3v) is 2.09. The van der Waals surface area contributed by atoms with Crippen LogP contribution >= 0.6 is 11.6 Å². The van der Waals surface area contributed by atoms with E-state index in [0.717, 1.165) is 5.56 Å². The van der Waals surface area contributed by atoms with Gasteiger partial charge in [-0.1, -0.05) is 23.7 Å². The summed E-state index contributed by atoms with van der Waals surface area (Å²) < 4.78 is 36.3. The first-order chi connectivity index (χ1) is 6.32. The van der Waals surface area contributed by atoms with Gasteiger partial charge >= 0.3 is 6.18 Å². The molecule has 0 aliphatic rings. The Kier molecular flexibility index (Phi) is 3.07. The van der Waals surface area contributed by atoms with Crippen LogP contribution in [0.3, 0.4) is 0 Å². The van der Waals surface area contributed by atoms with Crippen molar-refractivity contribution in [1.82, 2.24) is 0 Å². The van der Waals surface area contributed by atoms with E-state index in [2.05, 4.69) is 0 Å². The smallest absolute Gasteiger partial charge is 0.379 e. The number of alkyl halides is 3. The van der Waals surface area contributed by atoms with E-state index in [1.165, 1.54) is 18.2 Å². The summed E-state index contributed by atoms with van der Waals surface area (Å²) in [5.41, 5.74) is 0.429. The highest BCUT2D eigenvalue weighted by molar-refractivity contribution is 6.31. The fourth-order valence-electron chi connectivity index (χ4n) is 1.03. The zero-order valence-corrected chi connectivity index (χ0v) is 8.02. The Morgan fingerprint density at radius 1 is 1.36 bits per heavy atom. The third-order valence-electron chi connectivity index (χ3n) is 1.76. The maximum Gasteiger partial charge on any atom is 0.418 e. The molecule has 1 rings (SSSR count). The maximum absolute atomic E-state index is 12.1. The standard InChI is InChI=1S/C9H8ClF3O/c1-5-2-3-6(7(10)4-5)8(14)9(11,12)13/h2-4,8,14H,1H3. The second kappa shape index (κ2) is 3.79. The summed E-state index contributed by atoms with van der Waals surface area (Å²) in [7, 11) is 0. The Morgan fingerprint density at radius 2 is 1.93 bits per heavy atom. The molecule has 5 heteroatoms. The Balaban J connectivity index is 3.08. The van der Waals surface area contributed by atoms with Crippen molar-refractivity contribution in [3.63, 3.8) is 0 Å². The Labute approximate surface area is 84.1 Å². The van der Waals surface area contributed by atoms with E-state index in [1.54, 1.807) is 6.92 Å². The number of aryl methyl sites for hydroxylation is 1. The molecule has 1 N–H and O–H groups in total. The van der Waals surface area contributed by atoms with Gasteiger partial charge in [-0.15, -0.1) is 0 Å². The van der Waals surface area contributed by atoms with E-state index in [-0.39, 0.29) is 10.6 Å². The van der Waals surface area contributed by atoms with Gasteiger partial charge in [0.05, 0.1) is 0 Å². The number of halogens is 4. The van der Waals surface area contributed by atoms with Crippen molar-refractivity contribution in [1.29, 1.82) is 0 Å². The van der Waals surface area contributed by atoms with Gasteiger partial charge in [-0.2, -0.15) is 13.2 Å². The molecule has 0 bridgehead atoms. The summed E-state index contributed by atoms with van der Waals surface area (Å²) in [6, 6.07) is 4.03. The number of hydrogen-bond donors (Lipinski definition) is 1. The largest absolute Gasteiger partial charge is 0.418 e. The van der Waals surface area contributed by atoms with Crippen molar-refractivity contribution < 1.29 is 18.3 Å². The summed E-state index contributed by atoms with van der Waals surface area (Å²) in [6.45, 7) is 1.70. The van der Waals surface area contributed by atoms with Gasteiger partial charge in [0, 0.05) is 10.6 Å². The maximum atomic E-state index is 12.1. The van der Waals surface area contributed by atoms with Gasteiger partial charge in [-0.25, -0.2) is 0 Å². The van der Waals surface area contributed by atoms with Crippen molar-refractivity contribution in [2.75, 3.05) is 0 Å². The number of aliphatic hydroxyl groups excluding tert-OH is 1. The van der Waals surface area contributed by atoms with Crippen LogP contribution in [-0.2, 0) is 0 Å². The molecule has 1 unspecified atom stereocenters. The number of hydrogen-bond acceptors (Lipinski definition) is 1. The van der Waals surface area contributed by atoms with Gasteiger partial charge in [-0.05, 0) is 18.6 Å². The Bertz CT molecular complexity index is 335. The van der Waals surface area contributed by atoms with Crippen molar-refractivity contribution >= 4 is 11.6 Å². The van der Waals surface area contributed by atoms with Crippen LogP contribution in [0.25, 0.3) is 0 Å². The van der Waals surface area contributed by atoms with Crippen LogP contribution < -0.4 is 0 Å². The number of aliphatic hydroxyl groups is 1. The lowest BCUT2D eigenvalue weighted by molar-refractivity contribution is -0.206. The van der Waals surface area contributed by atoms with Crippen LogP contribution in [0.5, 0.6) is 0 Å². The summed E-state index contributed by atoms with van der Waals surface area (Å²) in [4.78, 5) is 0. The third kappa shape index (κ3) is 2.39. The highest BCUT2D eigenvalue weighted by atomic mass is 35.5. The van der Waals surface area contributed by atoms with Gasteiger partial charge in [0.1, 0.15) is 0 Å². The fraction of sp³-hybridized carbons (Fsp3) is 0.333. The van der Waals surface area contributed by atoms with Crippen LogP contribution in [0, 0.1) is 6.92 Å². The molecule has 1 nitrogen and oxygen atoms in total. The lowest BCUT2D eigenvalue weighted by Gasteiger charge is -2.16. The molecule has 0 aliphatic carbocycles. The van der Waals surface area contributed by atoms with Crippen LogP contribution in [-0.4, -0.2) is 11.3 Å². The topological polar surface area (TPSA) is 20.2 Å². The molecule has 0 spiro atoms. The van der Waals surface area contributed by atoms with E-state index in [0.29, 0.717) is 0 Å². The van der Waals surface area contributed by atoms with Gasteiger partial charge in [0.25, 0.3) is 0 Å².